The fraction of sp³-hybridized carbons (Fsp3) is 0.571. The van der Waals surface area contributed by atoms with E-state index in [1.165, 1.54) is 19.0 Å². The molecule has 2 saturated heterocycles. The fourth-order valence-corrected chi connectivity index (χ4v) is 2.92. The molecule has 2 unspecified atom stereocenters. The predicted octanol–water partition coefficient (Wildman–Crippen LogP) is -0.0398. The van der Waals surface area contributed by atoms with Crippen LogP contribution in [0.5, 0.6) is 0 Å². The topological polar surface area (TPSA) is 92.5 Å². The van der Waals surface area contributed by atoms with Gasteiger partial charge in [-0.15, -0.1) is 0 Å². The first-order chi connectivity index (χ1) is 10.3. The van der Waals surface area contributed by atoms with Gasteiger partial charge in [-0.05, 0) is 31.5 Å². The Labute approximate surface area is 123 Å². The summed E-state index contributed by atoms with van der Waals surface area (Å²) < 4.78 is 5.81. The maximum absolute atomic E-state index is 12.0. The number of hydrogen-bond acceptors (Lipinski definition) is 6. The van der Waals surface area contributed by atoms with Gasteiger partial charge in [0.25, 0.3) is 5.91 Å². The van der Waals surface area contributed by atoms with Crippen molar-refractivity contribution in [1.29, 1.82) is 0 Å². The minimum atomic E-state index is -0.189. The number of nitrogens with two attached hydrogens (primary N) is 1. The van der Waals surface area contributed by atoms with Crippen LogP contribution in [0, 0.1) is 0 Å². The number of carbonyl (C=O) groups excluding carboxylic acids is 1. The Morgan fingerprint density at radius 1 is 1.52 bits per heavy atom. The van der Waals surface area contributed by atoms with E-state index < -0.39 is 0 Å². The molecule has 114 valence electrons. The van der Waals surface area contributed by atoms with Gasteiger partial charge in [0.15, 0.2) is 0 Å². The smallest absolute Gasteiger partial charge is 0.269 e. The lowest BCUT2D eigenvalue weighted by Gasteiger charge is -2.35. The zero-order chi connectivity index (χ0) is 14.7. The standard InChI is InChI=1S/C14H21N5O2/c15-18-10-3-4-13(16-6-10)14(20)17-7-12-8-19-5-1-2-11(19)9-21-12/h3-4,6,11-12,18H,1-2,5,7-9,15H2,(H,17,20). The number of pyridine rings is 1. The molecule has 4 N–H and O–H groups in total. The van der Waals surface area contributed by atoms with E-state index in [1.807, 2.05) is 0 Å². The number of hydrazine groups is 1. The van der Waals surface area contributed by atoms with Gasteiger partial charge in [0.1, 0.15) is 5.69 Å². The number of anilines is 1. The van der Waals surface area contributed by atoms with E-state index in [0.717, 1.165) is 19.7 Å². The van der Waals surface area contributed by atoms with Crippen LogP contribution in [0.15, 0.2) is 18.3 Å². The highest BCUT2D eigenvalue weighted by Gasteiger charge is 2.32. The number of hydrogen-bond donors (Lipinski definition) is 3. The third-order valence-corrected chi connectivity index (χ3v) is 4.11. The average molecular weight is 291 g/mol. The van der Waals surface area contributed by atoms with Gasteiger partial charge in [-0.2, -0.15) is 0 Å². The number of amides is 1. The quantitative estimate of drug-likeness (QED) is 0.532. The van der Waals surface area contributed by atoms with Crippen molar-refractivity contribution in [2.45, 2.75) is 25.0 Å². The molecule has 0 spiro atoms. The van der Waals surface area contributed by atoms with Gasteiger partial charge >= 0.3 is 0 Å². The summed E-state index contributed by atoms with van der Waals surface area (Å²) in [5.41, 5.74) is 3.53. The fourth-order valence-electron chi connectivity index (χ4n) is 2.92. The van der Waals surface area contributed by atoms with E-state index in [-0.39, 0.29) is 12.0 Å². The van der Waals surface area contributed by atoms with Crippen molar-refractivity contribution in [2.75, 3.05) is 31.7 Å². The molecule has 0 saturated carbocycles. The summed E-state index contributed by atoms with van der Waals surface area (Å²) in [7, 11) is 0. The molecule has 1 aromatic rings. The number of carbonyl (C=O) groups is 1. The molecule has 0 bridgehead atoms. The summed E-state index contributed by atoms with van der Waals surface area (Å²) in [6.07, 6.45) is 4.07. The molecule has 21 heavy (non-hydrogen) atoms. The van der Waals surface area contributed by atoms with Crippen LogP contribution in [-0.4, -0.2) is 54.2 Å². The molecular weight excluding hydrogens is 270 g/mol. The van der Waals surface area contributed by atoms with Gasteiger partial charge in [-0.1, -0.05) is 0 Å². The van der Waals surface area contributed by atoms with Gasteiger partial charge in [0.2, 0.25) is 0 Å². The summed E-state index contributed by atoms with van der Waals surface area (Å²) in [5.74, 6) is 5.07. The molecular formula is C14H21N5O2. The molecule has 7 nitrogen and oxygen atoms in total. The van der Waals surface area contributed by atoms with Gasteiger partial charge < -0.3 is 15.5 Å². The van der Waals surface area contributed by atoms with Crippen molar-refractivity contribution in [3.8, 4) is 0 Å². The Morgan fingerprint density at radius 2 is 2.43 bits per heavy atom. The lowest BCUT2D eigenvalue weighted by atomic mass is 10.2. The normalized spacial score (nSPS) is 25.4. The maximum atomic E-state index is 12.0. The van der Waals surface area contributed by atoms with Crippen molar-refractivity contribution < 1.29 is 9.53 Å². The Kier molecular flexibility index (Phi) is 4.33. The molecule has 2 fully saturated rings. The first kappa shape index (κ1) is 14.2. The number of aromatic nitrogens is 1. The van der Waals surface area contributed by atoms with Crippen LogP contribution in [0.1, 0.15) is 23.3 Å². The Bertz CT molecular complexity index is 493. The largest absolute Gasteiger partial charge is 0.373 e. The highest BCUT2D eigenvalue weighted by molar-refractivity contribution is 5.92. The van der Waals surface area contributed by atoms with E-state index in [4.69, 9.17) is 10.6 Å². The van der Waals surface area contributed by atoms with Crippen LogP contribution >= 0.6 is 0 Å². The molecule has 7 heteroatoms. The lowest BCUT2D eigenvalue weighted by Crippen LogP contribution is -2.50. The Balaban J connectivity index is 1.49. The van der Waals surface area contributed by atoms with E-state index in [0.29, 0.717) is 24.0 Å². The van der Waals surface area contributed by atoms with Crippen LogP contribution in [-0.2, 0) is 4.74 Å². The summed E-state index contributed by atoms with van der Waals surface area (Å²) in [5, 5.41) is 2.88. The zero-order valence-corrected chi connectivity index (χ0v) is 11.9. The van der Waals surface area contributed by atoms with E-state index in [1.54, 1.807) is 12.1 Å². The number of nitrogens with one attached hydrogen (secondary N) is 2. The molecule has 0 radical (unpaired) electrons. The second-order valence-electron chi connectivity index (χ2n) is 5.53. The summed E-state index contributed by atoms with van der Waals surface area (Å²) >= 11 is 0. The number of nitrogen functional groups attached to an aromatic ring is 1. The third kappa shape index (κ3) is 3.31. The molecule has 3 rings (SSSR count). The number of ether oxygens (including phenoxy) is 1. The summed E-state index contributed by atoms with van der Waals surface area (Å²) in [6, 6.07) is 3.94. The van der Waals surface area contributed by atoms with E-state index in [2.05, 4.69) is 20.6 Å². The van der Waals surface area contributed by atoms with Crippen LogP contribution in [0.25, 0.3) is 0 Å². The minimum Gasteiger partial charge on any atom is -0.373 e. The van der Waals surface area contributed by atoms with Crippen molar-refractivity contribution >= 4 is 11.6 Å². The van der Waals surface area contributed by atoms with Crippen molar-refractivity contribution in [3.63, 3.8) is 0 Å². The highest BCUT2D eigenvalue weighted by atomic mass is 16.5. The van der Waals surface area contributed by atoms with Crippen molar-refractivity contribution in [1.82, 2.24) is 15.2 Å². The molecule has 3 heterocycles. The van der Waals surface area contributed by atoms with Gasteiger partial charge in [-0.3, -0.25) is 15.5 Å². The zero-order valence-electron chi connectivity index (χ0n) is 11.9. The number of rotatable bonds is 4. The van der Waals surface area contributed by atoms with E-state index in [9.17, 15) is 4.79 Å². The monoisotopic (exact) mass is 291 g/mol. The number of fused-ring (bicyclic) bond motifs is 1. The number of morpholine rings is 1. The number of nitrogens with zero attached hydrogens (tertiary/aromatic N) is 2. The molecule has 2 aliphatic rings. The van der Waals surface area contributed by atoms with Gasteiger partial charge in [0.05, 0.1) is 24.6 Å². The molecule has 2 atom stereocenters. The van der Waals surface area contributed by atoms with Crippen LogP contribution in [0.4, 0.5) is 5.69 Å². The van der Waals surface area contributed by atoms with Crippen LogP contribution in [0.3, 0.4) is 0 Å². The lowest BCUT2D eigenvalue weighted by molar-refractivity contribution is -0.0462. The molecule has 2 aliphatic heterocycles. The minimum absolute atomic E-state index is 0.0632. The highest BCUT2D eigenvalue weighted by Crippen LogP contribution is 2.22. The second kappa shape index (κ2) is 6.38. The Morgan fingerprint density at radius 3 is 3.19 bits per heavy atom. The van der Waals surface area contributed by atoms with Crippen LogP contribution in [0.2, 0.25) is 0 Å². The van der Waals surface area contributed by atoms with Crippen LogP contribution < -0.4 is 16.6 Å². The van der Waals surface area contributed by atoms with Gasteiger partial charge in [0, 0.05) is 19.1 Å². The molecule has 1 amide bonds. The SMILES string of the molecule is NNc1ccc(C(=O)NCC2CN3CCCC3CO2)nc1. The molecule has 1 aromatic heterocycles. The maximum Gasteiger partial charge on any atom is 0.269 e. The Hall–Kier alpha value is -1.70. The first-order valence-corrected chi connectivity index (χ1v) is 7.33. The van der Waals surface area contributed by atoms with Gasteiger partial charge in [-0.25, -0.2) is 4.98 Å². The first-order valence-electron chi connectivity index (χ1n) is 7.33. The second-order valence-corrected chi connectivity index (χ2v) is 5.53. The summed E-state index contributed by atoms with van der Waals surface area (Å²) in [6.45, 7) is 3.33. The van der Waals surface area contributed by atoms with E-state index >= 15 is 0 Å². The van der Waals surface area contributed by atoms with Crippen molar-refractivity contribution in [3.05, 3.63) is 24.0 Å². The molecule has 0 aliphatic carbocycles. The third-order valence-electron chi connectivity index (χ3n) is 4.11. The molecule has 0 aromatic carbocycles. The summed E-state index contributed by atoms with van der Waals surface area (Å²) in [4.78, 5) is 18.5. The predicted molar refractivity (Wildman–Crippen MR) is 78.7 cm³/mol. The van der Waals surface area contributed by atoms with Crippen molar-refractivity contribution in [2.24, 2.45) is 5.84 Å². The average Bonchev–Trinajstić information content (AvgIpc) is 3.00.